The maximum absolute atomic E-state index is 10.8. The third-order valence-corrected chi connectivity index (χ3v) is 2.95. The van der Waals surface area contributed by atoms with Crippen molar-refractivity contribution in [2.75, 3.05) is 18.1 Å². The van der Waals surface area contributed by atoms with Crippen molar-refractivity contribution in [2.24, 2.45) is 0 Å². The van der Waals surface area contributed by atoms with Crippen LogP contribution in [0.1, 0.15) is 0 Å². The molecule has 0 aliphatic carbocycles. The molecule has 6 nitrogen and oxygen atoms in total. The highest BCUT2D eigenvalue weighted by atomic mass is 16.6. The molecule has 0 saturated carbocycles. The molecule has 2 aromatic rings. The zero-order valence-corrected chi connectivity index (χ0v) is 10.0. The standard InChI is InChI=1S/C13H11N3O3/c17-16(18)11-4-1-3-10(9-11)15-7-8-19-13-12(15)5-2-6-14-13/h1-6,9H,7-8H2. The number of aromatic nitrogens is 1. The number of hydrogen-bond acceptors (Lipinski definition) is 5. The predicted octanol–water partition coefficient (Wildman–Crippen LogP) is 2.52. The number of nitro groups is 1. The van der Waals surface area contributed by atoms with E-state index >= 15 is 0 Å². The van der Waals surface area contributed by atoms with E-state index in [1.54, 1.807) is 18.3 Å². The Kier molecular flexibility index (Phi) is 2.75. The maximum atomic E-state index is 10.8. The van der Waals surface area contributed by atoms with E-state index in [4.69, 9.17) is 4.74 Å². The Hall–Kier alpha value is -2.63. The van der Waals surface area contributed by atoms with Gasteiger partial charge in [-0.25, -0.2) is 4.98 Å². The third-order valence-electron chi connectivity index (χ3n) is 2.95. The van der Waals surface area contributed by atoms with Gasteiger partial charge in [-0.3, -0.25) is 10.1 Å². The lowest BCUT2D eigenvalue weighted by atomic mass is 10.2. The first-order valence-corrected chi connectivity index (χ1v) is 5.85. The summed E-state index contributed by atoms with van der Waals surface area (Å²) in [5, 5.41) is 10.8. The summed E-state index contributed by atoms with van der Waals surface area (Å²) in [6, 6.07) is 10.3. The largest absolute Gasteiger partial charge is 0.474 e. The second-order valence-electron chi connectivity index (χ2n) is 4.10. The molecular weight excluding hydrogens is 246 g/mol. The van der Waals surface area contributed by atoms with Gasteiger partial charge in [-0.15, -0.1) is 0 Å². The number of anilines is 2. The predicted molar refractivity (Wildman–Crippen MR) is 69.8 cm³/mol. The van der Waals surface area contributed by atoms with Crippen LogP contribution >= 0.6 is 0 Å². The van der Waals surface area contributed by atoms with Crippen LogP contribution in [0.25, 0.3) is 0 Å². The summed E-state index contributed by atoms with van der Waals surface area (Å²) in [6.07, 6.45) is 1.66. The molecule has 1 aliphatic rings. The van der Waals surface area contributed by atoms with Gasteiger partial charge in [0.1, 0.15) is 12.3 Å². The summed E-state index contributed by atoms with van der Waals surface area (Å²) < 4.78 is 5.47. The van der Waals surface area contributed by atoms with Crippen molar-refractivity contribution in [3.8, 4) is 5.88 Å². The van der Waals surface area contributed by atoms with E-state index in [0.29, 0.717) is 19.0 Å². The van der Waals surface area contributed by atoms with E-state index in [1.165, 1.54) is 6.07 Å². The van der Waals surface area contributed by atoms with Gasteiger partial charge in [-0.05, 0) is 18.2 Å². The van der Waals surface area contributed by atoms with Gasteiger partial charge < -0.3 is 9.64 Å². The van der Waals surface area contributed by atoms with Gasteiger partial charge in [0.25, 0.3) is 5.69 Å². The van der Waals surface area contributed by atoms with Gasteiger partial charge >= 0.3 is 0 Å². The van der Waals surface area contributed by atoms with Crippen molar-refractivity contribution in [1.82, 2.24) is 4.98 Å². The molecule has 2 heterocycles. The van der Waals surface area contributed by atoms with Gasteiger partial charge in [0, 0.05) is 24.0 Å². The quantitative estimate of drug-likeness (QED) is 0.610. The van der Waals surface area contributed by atoms with Crippen LogP contribution < -0.4 is 9.64 Å². The molecule has 3 rings (SSSR count). The van der Waals surface area contributed by atoms with Gasteiger partial charge in [-0.1, -0.05) is 6.07 Å². The minimum absolute atomic E-state index is 0.0782. The summed E-state index contributed by atoms with van der Waals surface area (Å²) in [6.45, 7) is 1.15. The van der Waals surface area contributed by atoms with Crippen LogP contribution in [0.5, 0.6) is 5.88 Å². The van der Waals surface area contributed by atoms with E-state index in [2.05, 4.69) is 4.98 Å². The van der Waals surface area contributed by atoms with E-state index in [1.807, 2.05) is 23.1 Å². The lowest BCUT2D eigenvalue weighted by Gasteiger charge is -2.30. The molecule has 19 heavy (non-hydrogen) atoms. The average molecular weight is 257 g/mol. The molecule has 1 aliphatic heterocycles. The van der Waals surface area contributed by atoms with Crippen LogP contribution in [0.15, 0.2) is 42.6 Å². The third kappa shape index (κ3) is 2.08. The minimum Gasteiger partial charge on any atom is -0.474 e. The number of pyridine rings is 1. The summed E-state index contributed by atoms with van der Waals surface area (Å²) in [5.74, 6) is 0.556. The van der Waals surface area contributed by atoms with Crippen molar-refractivity contribution in [1.29, 1.82) is 0 Å². The molecule has 1 aromatic heterocycles. The fraction of sp³-hybridized carbons (Fsp3) is 0.154. The van der Waals surface area contributed by atoms with Crippen LogP contribution in [0.3, 0.4) is 0 Å². The van der Waals surface area contributed by atoms with Crippen molar-refractivity contribution < 1.29 is 9.66 Å². The Balaban J connectivity index is 2.04. The number of nitro benzene ring substituents is 1. The smallest absolute Gasteiger partial charge is 0.271 e. The number of rotatable bonds is 2. The summed E-state index contributed by atoms with van der Waals surface area (Å²) in [7, 11) is 0. The van der Waals surface area contributed by atoms with Gasteiger partial charge in [0.15, 0.2) is 0 Å². The Morgan fingerprint density at radius 1 is 1.32 bits per heavy atom. The zero-order chi connectivity index (χ0) is 13.2. The second-order valence-corrected chi connectivity index (χ2v) is 4.10. The number of fused-ring (bicyclic) bond motifs is 1. The Morgan fingerprint density at radius 2 is 2.21 bits per heavy atom. The highest BCUT2D eigenvalue weighted by Crippen LogP contribution is 2.35. The number of hydrogen-bond donors (Lipinski definition) is 0. The van der Waals surface area contributed by atoms with Crippen molar-refractivity contribution in [2.45, 2.75) is 0 Å². The molecule has 0 bridgehead atoms. The van der Waals surface area contributed by atoms with Gasteiger partial charge in [0.2, 0.25) is 5.88 Å². The summed E-state index contributed by atoms with van der Waals surface area (Å²) in [5.41, 5.74) is 1.68. The maximum Gasteiger partial charge on any atom is 0.271 e. The number of benzene rings is 1. The highest BCUT2D eigenvalue weighted by Gasteiger charge is 2.21. The Labute approximate surface area is 109 Å². The molecule has 0 radical (unpaired) electrons. The first-order chi connectivity index (χ1) is 9.25. The monoisotopic (exact) mass is 257 g/mol. The molecule has 0 N–H and O–H groups in total. The van der Waals surface area contributed by atoms with Crippen LogP contribution in [-0.2, 0) is 0 Å². The molecule has 0 amide bonds. The topological polar surface area (TPSA) is 68.5 Å². The fourth-order valence-corrected chi connectivity index (χ4v) is 2.10. The van der Waals surface area contributed by atoms with E-state index in [9.17, 15) is 10.1 Å². The van der Waals surface area contributed by atoms with Gasteiger partial charge in [-0.2, -0.15) is 0 Å². The van der Waals surface area contributed by atoms with Crippen LogP contribution in [0.4, 0.5) is 17.1 Å². The van der Waals surface area contributed by atoms with Crippen LogP contribution in [-0.4, -0.2) is 23.1 Å². The normalized spacial score (nSPS) is 13.6. The molecule has 1 aromatic carbocycles. The molecule has 0 unspecified atom stereocenters. The molecule has 96 valence electrons. The number of nitrogens with zero attached hydrogens (tertiary/aromatic N) is 3. The van der Waals surface area contributed by atoms with E-state index in [0.717, 1.165) is 11.4 Å². The zero-order valence-electron chi connectivity index (χ0n) is 10.0. The fourth-order valence-electron chi connectivity index (χ4n) is 2.10. The van der Waals surface area contributed by atoms with Crippen LogP contribution in [0.2, 0.25) is 0 Å². The SMILES string of the molecule is O=[N+]([O-])c1cccc(N2CCOc3ncccc32)c1. The van der Waals surface area contributed by atoms with E-state index < -0.39 is 4.92 Å². The number of non-ortho nitro benzene ring substituents is 1. The highest BCUT2D eigenvalue weighted by molar-refractivity contribution is 5.69. The first-order valence-electron chi connectivity index (χ1n) is 5.85. The minimum atomic E-state index is -0.395. The lowest BCUT2D eigenvalue weighted by molar-refractivity contribution is -0.384. The van der Waals surface area contributed by atoms with E-state index in [-0.39, 0.29) is 5.69 Å². The molecule has 6 heteroatoms. The van der Waals surface area contributed by atoms with Crippen LogP contribution in [0, 0.1) is 10.1 Å². The lowest BCUT2D eigenvalue weighted by Crippen LogP contribution is -2.28. The first kappa shape index (κ1) is 11.5. The summed E-state index contributed by atoms with van der Waals surface area (Å²) in [4.78, 5) is 16.6. The van der Waals surface area contributed by atoms with Gasteiger partial charge in [0.05, 0.1) is 11.5 Å². The Morgan fingerprint density at radius 3 is 3.05 bits per heavy atom. The Bertz CT molecular complexity index is 630. The second kappa shape index (κ2) is 4.56. The van der Waals surface area contributed by atoms with Crippen molar-refractivity contribution in [3.05, 3.63) is 52.7 Å². The summed E-state index contributed by atoms with van der Waals surface area (Å²) >= 11 is 0. The average Bonchev–Trinajstić information content (AvgIpc) is 2.47. The molecule has 0 fully saturated rings. The molecule has 0 spiro atoms. The molecule has 0 atom stereocenters. The van der Waals surface area contributed by atoms with Crippen molar-refractivity contribution >= 4 is 17.1 Å². The number of ether oxygens (including phenoxy) is 1. The molecular formula is C13H11N3O3. The molecule has 0 saturated heterocycles. The van der Waals surface area contributed by atoms with Crippen molar-refractivity contribution in [3.63, 3.8) is 0 Å².